The molecule has 1 aliphatic carbocycles. The molecule has 5 aromatic carbocycles. The van der Waals surface area contributed by atoms with Crippen LogP contribution in [0.2, 0.25) is 0 Å². The van der Waals surface area contributed by atoms with Crippen molar-refractivity contribution in [2.45, 2.75) is 13.3 Å². The maximum atomic E-state index is 6.88. The van der Waals surface area contributed by atoms with Crippen LogP contribution in [-0.2, 0) is 6.42 Å². The molecule has 3 N–H and O–H groups in total. The second-order valence-electron chi connectivity index (χ2n) is 9.61. The van der Waals surface area contributed by atoms with Gasteiger partial charge in [0, 0.05) is 17.5 Å². The number of aryl methyl sites for hydroxylation is 1. The Morgan fingerprint density at radius 2 is 1.41 bits per heavy atom. The minimum atomic E-state index is 0.660. The van der Waals surface area contributed by atoms with Crippen molar-refractivity contribution < 1.29 is 0 Å². The van der Waals surface area contributed by atoms with E-state index in [2.05, 4.69) is 104 Å². The fourth-order valence-corrected chi connectivity index (χ4v) is 5.04. The van der Waals surface area contributed by atoms with Gasteiger partial charge in [0.15, 0.2) is 0 Å². The van der Waals surface area contributed by atoms with E-state index in [1.165, 1.54) is 50.7 Å². The summed E-state index contributed by atoms with van der Waals surface area (Å²) in [7, 11) is 0. The van der Waals surface area contributed by atoms with E-state index < -0.39 is 0 Å². The van der Waals surface area contributed by atoms with Gasteiger partial charge in [-0.1, -0.05) is 121 Å². The molecule has 39 heavy (non-hydrogen) atoms. The second kappa shape index (κ2) is 11.5. The van der Waals surface area contributed by atoms with Crippen molar-refractivity contribution in [3.63, 3.8) is 0 Å². The highest BCUT2D eigenvalue weighted by Crippen LogP contribution is 2.41. The maximum Gasteiger partial charge on any atom is 0.0402 e. The quantitative estimate of drug-likeness (QED) is 0.142. The number of anilines is 1. The van der Waals surface area contributed by atoms with Gasteiger partial charge in [-0.3, -0.25) is 0 Å². The molecular weight excluding hydrogens is 472 g/mol. The number of allylic oxidation sites excluding steroid dienone is 1. The Labute approximate surface area is 231 Å². The van der Waals surface area contributed by atoms with E-state index in [9.17, 15) is 0 Å². The van der Waals surface area contributed by atoms with Gasteiger partial charge in [0.1, 0.15) is 0 Å². The molecule has 188 valence electrons. The summed E-state index contributed by atoms with van der Waals surface area (Å²) < 4.78 is 0. The van der Waals surface area contributed by atoms with Crippen molar-refractivity contribution in [1.82, 2.24) is 0 Å². The summed E-state index contributed by atoms with van der Waals surface area (Å²) in [6.45, 7) is 2.11. The Morgan fingerprint density at radius 3 is 2.08 bits per heavy atom. The Bertz CT molecular complexity index is 1700. The van der Waals surface area contributed by atoms with E-state index in [1.807, 2.05) is 24.3 Å². The average Bonchev–Trinajstić information content (AvgIpc) is 3.36. The van der Waals surface area contributed by atoms with Crippen molar-refractivity contribution in [3.05, 3.63) is 155 Å². The number of benzene rings is 5. The molecule has 0 atom stereocenters. The molecule has 0 bridgehead atoms. The van der Waals surface area contributed by atoms with E-state index in [1.54, 1.807) is 6.07 Å². The van der Waals surface area contributed by atoms with Gasteiger partial charge in [-0.05, 0) is 75.6 Å². The first kappa shape index (κ1) is 25.5. The summed E-state index contributed by atoms with van der Waals surface area (Å²) in [5, 5.41) is 6.88. The lowest BCUT2D eigenvalue weighted by Gasteiger charge is -2.13. The number of nitrogen functional groups attached to an aromatic ring is 1. The second-order valence-corrected chi connectivity index (χ2v) is 9.61. The molecular formula is C37H30N2. The van der Waals surface area contributed by atoms with Crippen LogP contribution in [0.5, 0.6) is 0 Å². The van der Waals surface area contributed by atoms with Crippen LogP contribution in [0.15, 0.2) is 121 Å². The lowest BCUT2D eigenvalue weighted by molar-refractivity contribution is 1.25. The number of fused-ring (bicyclic) bond motifs is 3. The molecule has 0 spiro atoms. The van der Waals surface area contributed by atoms with Gasteiger partial charge in [-0.2, -0.15) is 0 Å². The van der Waals surface area contributed by atoms with Gasteiger partial charge < -0.3 is 11.1 Å². The predicted octanol–water partition coefficient (Wildman–Crippen LogP) is 8.56. The molecule has 0 heterocycles. The molecule has 6 rings (SSSR count). The van der Waals surface area contributed by atoms with Crippen LogP contribution in [0.3, 0.4) is 0 Å². The fourth-order valence-electron chi connectivity index (χ4n) is 5.04. The van der Waals surface area contributed by atoms with E-state index >= 15 is 0 Å². The van der Waals surface area contributed by atoms with E-state index in [0.29, 0.717) is 5.69 Å². The summed E-state index contributed by atoms with van der Waals surface area (Å²) in [5.41, 5.74) is 19.5. The number of hydrogen-bond acceptors (Lipinski definition) is 2. The SMILES string of the molecule is C#C/C=C(/c1ccc(-c2ccc(C)cc2)cc1)c1cccc2c1Cc1ccccc1-2.N=Cc1ccccc1N. The standard InChI is InChI=1S/C30H22.C7H8N2/c1-3-7-26(24-18-16-23(17-19-24)22-14-12-21(2)13-15-22)28-10-6-11-29-27-9-5-4-8-25(27)20-30(28)29;8-5-6-3-1-2-4-7(6)9/h1,4-19H,20H2,2H3;1-5,8H,9H2/b26-7-;. The summed E-state index contributed by atoms with van der Waals surface area (Å²) in [5.74, 6) is 2.77. The lowest BCUT2D eigenvalue weighted by Crippen LogP contribution is -1.95. The summed E-state index contributed by atoms with van der Waals surface area (Å²) in [4.78, 5) is 0. The van der Waals surface area contributed by atoms with Crippen molar-refractivity contribution in [2.75, 3.05) is 5.73 Å². The number of nitrogens with one attached hydrogen (secondary N) is 1. The highest BCUT2D eigenvalue weighted by molar-refractivity contribution is 5.89. The zero-order valence-corrected chi connectivity index (χ0v) is 22.0. The minimum Gasteiger partial charge on any atom is -0.398 e. The highest BCUT2D eigenvalue weighted by Gasteiger charge is 2.22. The molecule has 5 aromatic rings. The zero-order valence-electron chi connectivity index (χ0n) is 22.0. The van der Waals surface area contributed by atoms with Crippen LogP contribution >= 0.6 is 0 Å². The average molecular weight is 503 g/mol. The minimum absolute atomic E-state index is 0.660. The molecule has 2 nitrogen and oxygen atoms in total. The first-order chi connectivity index (χ1) is 19.1. The largest absolute Gasteiger partial charge is 0.398 e. The first-order valence-electron chi connectivity index (χ1n) is 13.0. The number of para-hydroxylation sites is 1. The normalized spacial score (nSPS) is 11.4. The molecule has 0 aliphatic heterocycles. The summed E-state index contributed by atoms with van der Waals surface area (Å²) >= 11 is 0. The molecule has 0 radical (unpaired) electrons. The van der Waals surface area contributed by atoms with Gasteiger partial charge in [-0.25, -0.2) is 0 Å². The van der Waals surface area contributed by atoms with Crippen LogP contribution in [0.1, 0.15) is 33.4 Å². The van der Waals surface area contributed by atoms with E-state index in [0.717, 1.165) is 23.1 Å². The molecule has 0 saturated heterocycles. The fraction of sp³-hybridized carbons (Fsp3) is 0.0541. The van der Waals surface area contributed by atoms with E-state index in [-0.39, 0.29) is 0 Å². The van der Waals surface area contributed by atoms with Crippen LogP contribution in [-0.4, -0.2) is 6.21 Å². The number of terminal acetylenes is 1. The Hall–Kier alpha value is -5.13. The molecule has 0 aromatic heterocycles. The summed E-state index contributed by atoms with van der Waals surface area (Å²) in [6, 6.07) is 39.9. The third kappa shape index (κ3) is 5.44. The lowest BCUT2D eigenvalue weighted by atomic mass is 9.90. The third-order valence-corrected chi connectivity index (χ3v) is 7.10. The molecule has 1 aliphatic rings. The monoisotopic (exact) mass is 502 g/mol. The van der Waals surface area contributed by atoms with E-state index in [4.69, 9.17) is 17.6 Å². The van der Waals surface area contributed by atoms with Crippen LogP contribution in [0.4, 0.5) is 5.69 Å². The maximum absolute atomic E-state index is 6.88. The Kier molecular flexibility index (Phi) is 7.53. The Balaban J connectivity index is 0.000000292. The van der Waals surface area contributed by atoms with Crippen molar-refractivity contribution >= 4 is 17.5 Å². The molecule has 0 amide bonds. The van der Waals surface area contributed by atoms with Gasteiger partial charge >= 0.3 is 0 Å². The molecule has 2 heteroatoms. The highest BCUT2D eigenvalue weighted by atomic mass is 14.6. The zero-order chi connectivity index (χ0) is 27.2. The number of nitrogens with two attached hydrogens (primary N) is 1. The van der Waals surface area contributed by atoms with Crippen molar-refractivity contribution in [3.8, 4) is 34.6 Å². The molecule has 0 saturated carbocycles. The number of rotatable bonds is 4. The predicted molar refractivity (Wildman–Crippen MR) is 166 cm³/mol. The van der Waals surface area contributed by atoms with Gasteiger partial charge in [0.2, 0.25) is 0 Å². The van der Waals surface area contributed by atoms with Crippen LogP contribution in [0.25, 0.3) is 27.8 Å². The first-order valence-corrected chi connectivity index (χ1v) is 13.0. The van der Waals surface area contributed by atoms with Crippen LogP contribution < -0.4 is 5.73 Å². The molecule has 0 fully saturated rings. The van der Waals surface area contributed by atoms with Crippen LogP contribution in [0, 0.1) is 24.7 Å². The van der Waals surface area contributed by atoms with Gasteiger partial charge in [0.25, 0.3) is 0 Å². The van der Waals surface area contributed by atoms with Crippen molar-refractivity contribution in [2.24, 2.45) is 0 Å². The van der Waals surface area contributed by atoms with Crippen molar-refractivity contribution in [1.29, 1.82) is 5.41 Å². The number of hydrogen-bond donors (Lipinski definition) is 2. The Morgan fingerprint density at radius 1 is 0.769 bits per heavy atom. The topological polar surface area (TPSA) is 49.9 Å². The van der Waals surface area contributed by atoms with Gasteiger partial charge in [-0.15, -0.1) is 6.42 Å². The van der Waals surface area contributed by atoms with Gasteiger partial charge in [0.05, 0.1) is 0 Å². The smallest absolute Gasteiger partial charge is 0.0402 e. The third-order valence-electron chi connectivity index (χ3n) is 7.10. The molecule has 0 unspecified atom stereocenters. The summed E-state index contributed by atoms with van der Waals surface area (Å²) in [6.07, 6.45) is 9.84.